The van der Waals surface area contributed by atoms with E-state index < -0.39 is 28.9 Å². The molecule has 1 saturated heterocycles. The molecular weight excluding hydrogens is 608 g/mol. The molecule has 3 N–H and O–H groups in total. The number of rotatable bonds is 12. The van der Waals surface area contributed by atoms with Gasteiger partial charge in [0.25, 0.3) is 0 Å². The number of nitrogens with one attached hydrogen (secondary N) is 2. The number of carbonyl (C=O) groups excluding carboxylic acids is 4. The van der Waals surface area contributed by atoms with E-state index in [-0.39, 0.29) is 53.2 Å². The first kappa shape index (κ1) is 43.4. The van der Waals surface area contributed by atoms with Gasteiger partial charge >= 0.3 is 5.97 Å². The van der Waals surface area contributed by atoms with Gasteiger partial charge in [-0.25, -0.2) is 4.79 Å². The summed E-state index contributed by atoms with van der Waals surface area (Å²) in [6.45, 7) is 27.8. The second-order valence-corrected chi connectivity index (χ2v) is 18.1. The van der Waals surface area contributed by atoms with Crippen LogP contribution in [0.15, 0.2) is 16.8 Å². The molecule has 0 aromatic carbocycles. The van der Waals surface area contributed by atoms with Crippen molar-refractivity contribution in [1.29, 1.82) is 0 Å². The molecule has 10 nitrogen and oxygen atoms in total. The van der Waals surface area contributed by atoms with Crippen LogP contribution in [-0.2, 0) is 23.9 Å². The first-order valence-electron chi connectivity index (χ1n) is 17.7. The highest BCUT2D eigenvalue weighted by atomic mass is 16.6. The van der Waals surface area contributed by atoms with Crippen molar-refractivity contribution in [2.75, 3.05) is 13.2 Å². The maximum absolute atomic E-state index is 13.3. The number of hydrogen-bond acceptors (Lipinski definition) is 8. The summed E-state index contributed by atoms with van der Waals surface area (Å²) in [6.07, 6.45) is 8.06. The quantitative estimate of drug-likeness (QED) is 0.216. The maximum atomic E-state index is 13.3. The van der Waals surface area contributed by atoms with Crippen LogP contribution in [0.5, 0.6) is 0 Å². The molecule has 2 rings (SSSR count). The van der Waals surface area contributed by atoms with Gasteiger partial charge in [0.1, 0.15) is 11.6 Å². The van der Waals surface area contributed by atoms with Crippen LogP contribution < -0.4 is 10.6 Å². The van der Waals surface area contributed by atoms with E-state index in [1.165, 1.54) is 0 Å². The predicted octanol–water partition coefficient (Wildman–Crippen LogP) is 6.00. The largest absolute Gasteiger partial charge is 0.458 e. The van der Waals surface area contributed by atoms with Gasteiger partial charge < -0.3 is 25.4 Å². The van der Waals surface area contributed by atoms with Crippen molar-refractivity contribution in [2.45, 2.75) is 165 Å². The Morgan fingerprint density at radius 2 is 1.58 bits per heavy atom. The van der Waals surface area contributed by atoms with Crippen LogP contribution in [0.25, 0.3) is 0 Å². The van der Waals surface area contributed by atoms with Crippen molar-refractivity contribution in [3.05, 3.63) is 11.8 Å². The number of Topliss-reactive ketones (excluding diaryl/α,β-unsaturated/α-hetero) is 1. The van der Waals surface area contributed by atoms with Gasteiger partial charge in [-0.15, -0.1) is 0 Å². The summed E-state index contributed by atoms with van der Waals surface area (Å²) in [5.74, 6) is -0.815. The molecule has 276 valence electrons. The van der Waals surface area contributed by atoms with E-state index in [2.05, 4.69) is 42.5 Å². The zero-order valence-electron chi connectivity index (χ0n) is 32.6. The topological polar surface area (TPSA) is 137 Å². The normalized spacial score (nSPS) is 18.9. The summed E-state index contributed by atoms with van der Waals surface area (Å²) < 4.78 is 5.40. The smallest absolute Gasteiger partial charge is 0.329 e. The molecule has 0 bridgehead atoms. The SMILES string of the molecule is CC(C)(C)N[C@@H](CC1=CCC=N1)C(=O)N1CCC[C@H]1C(=O)C(C)(C)C.CC(C)C[C@H](NC(=O)[C@H](CO)CC(C)(C)C)C(=O)OC(C)(C)C. The van der Waals surface area contributed by atoms with Crippen LogP contribution in [0, 0.1) is 22.7 Å². The van der Waals surface area contributed by atoms with Gasteiger partial charge in [-0.2, -0.15) is 0 Å². The average molecular weight is 677 g/mol. The molecule has 2 aliphatic rings. The minimum Gasteiger partial charge on any atom is -0.458 e. The molecule has 0 spiro atoms. The van der Waals surface area contributed by atoms with Crippen molar-refractivity contribution in [3.63, 3.8) is 0 Å². The molecular formula is C38H68N4O6. The van der Waals surface area contributed by atoms with E-state index in [4.69, 9.17) is 4.74 Å². The number of aliphatic imine (C=N–C) groups is 1. The molecule has 0 aromatic rings. The van der Waals surface area contributed by atoms with Crippen LogP contribution in [-0.4, -0.2) is 82.2 Å². The van der Waals surface area contributed by atoms with E-state index >= 15 is 0 Å². The van der Waals surface area contributed by atoms with E-state index in [1.54, 1.807) is 25.7 Å². The van der Waals surface area contributed by atoms with Crippen molar-refractivity contribution in [3.8, 4) is 0 Å². The van der Waals surface area contributed by atoms with Crippen LogP contribution >= 0.6 is 0 Å². The van der Waals surface area contributed by atoms with E-state index in [1.807, 2.05) is 61.6 Å². The molecule has 4 atom stereocenters. The summed E-state index contributed by atoms with van der Waals surface area (Å²) in [7, 11) is 0. The molecule has 1 fully saturated rings. The Labute approximate surface area is 291 Å². The molecule has 0 aliphatic carbocycles. The van der Waals surface area contributed by atoms with Gasteiger partial charge in [-0.05, 0) is 78.6 Å². The lowest BCUT2D eigenvalue weighted by molar-refractivity contribution is -0.159. The fourth-order valence-electron chi connectivity index (χ4n) is 5.81. The Bertz CT molecular complexity index is 1150. The molecule has 0 aromatic heterocycles. The number of allylic oxidation sites excluding steroid dienone is 1. The number of carbonyl (C=O) groups is 4. The zero-order chi connectivity index (χ0) is 37.3. The number of ether oxygens (including phenoxy) is 1. The lowest BCUT2D eigenvalue weighted by atomic mass is 9.84. The number of hydrogen-bond donors (Lipinski definition) is 3. The number of likely N-dealkylation sites (tertiary alicyclic amines) is 1. The Morgan fingerprint density at radius 3 is 2.02 bits per heavy atom. The van der Waals surface area contributed by atoms with Crippen molar-refractivity contribution >= 4 is 29.8 Å². The fraction of sp³-hybridized carbons (Fsp3) is 0.816. The van der Waals surface area contributed by atoms with E-state index in [9.17, 15) is 24.3 Å². The monoisotopic (exact) mass is 677 g/mol. The molecule has 2 amide bonds. The number of aliphatic hydroxyl groups excluding tert-OH is 1. The molecule has 48 heavy (non-hydrogen) atoms. The molecule has 10 heteroatoms. The molecule has 0 saturated carbocycles. The molecule has 0 unspecified atom stereocenters. The molecule has 2 aliphatic heterocycles. The first-order valence-corrected chi connectivity index (χ1v) is 17.7. The second-order valence-electron chi connectivity index (χ2n) is 18.1. The van der Waals surface area contributed by atoms with Gasteiger partial charge in [0.05, 0.1) is 24.6 Å². The van der Waals surface area contributed by atoms with E-state index in [0.29, 0.717) is 25.8 Å². The van der Waals surface area contributed by atoms with Crippen LogP contribution in [0.1, 0.15) is 135 Å². The highest BCUT2D eigenvalue weighted by Gasteiger charge is 2.41. The van der Waals surface area contributed by atoms with Gasteiger partial charge in [0.2, 0.25) is 11.8 Å². The highest BCUT2D eigenvalue weighted by Crippen LogP contribution is 2.29. The Kier molecular flexibility index (Phi) is 16.2. The summed E-state index contributed by atoms with van der Waals surface area (Å²) in [5, 5.41) is 15.7. The standard InChI is InChI=1S/C20H33N3O2.C18H35NO4/c1-19(2,3)17(24)16-10-8-12-23(16)18(25)15(22-20(4,5)6)13-14-9-7-11-21-14;1-12(2)9-14(16(22)23-18(6,7)8)19-15(21)13(11-20)10-17(3,4)5/h9,11,15-16,22H,7-8,10,12-13H2,1-6H3;12-14,20H,9-11H2,1-8H3,(H,19,21)/t15-,16-;13-,14-/m00/s1. The van der Waals surface area contributed by atoms with Crippen LogP contribution in [0.2, 0.25) is 0 Å². The predicted molar refractivity (Wildman–Crippen MR) is 194 cm³/mol. The summed E-state index contributed by atoms with van der Waals surface area (Å²) >= 11 is 0. The minimum absolute atomic E-state index is 0.0259. The Morgan fingerprint density at radius 1 is 0.979 bits per heavy atom. The summed E-state index contributed by atoms with van der Waals surface area (Å²) in [6, 6.07) is -1.33. The third kappa shape index (κ3) is 16.2. The highest BCUT2D eigenvalue weighted by molar-refractivity contribution is 5.94. The number of ketones is 1. The van der Waals surface area contributed by atoms with Gasteiger partial charge in [0, 0.05) is 42.3 Å². The number of amides is 2. The Hall–Kier alpha value is -2.59. The Balaban J connectivity index is 0.000000483. The van der Waals surface area contributed by atoms with Crippen molar-refractivity contribution < 1.29 is 29.0 Å². The van der Waals surface area contributed by atoms with Gasteiger partial charge in [-0.3, -0.25) is 19.4 Å². The van der Waals surface area contributed by atoms with Crippen molar-refractivity contribution in [2.24, 2.45) is 27.7 Å². The average Bonchev–Trinajstić information content (AvgIpc) is 3.60. The third-order valence-corrected chi connectivity index (χ3v) is 7.78. The van der Waals surface area contributed by atoms with Crippen LogP contribution in [0.4, 0.5) is 0 Å². The van der Waals surface area contributed by atoms with Gasteiger partial charge in [0.15, 0.2) is 5.78 Å². The van der Waals surface area contributed by atoms with Crippen molar-refractivity contribution in [1.82, 2.24) is 15.5 Å². The fourth-order valence-corrected chi connectivity index (χ4v) is 5.81. The first-order chi connectivity index (χ1) is 21.7. The second kappa shape index (κ2) is 17.9. The lowest BCUT2D eigenvalue weighted by Crippen LogP contribution is -2.55. The lowest BCUT2D eigenvalue weighted by Gasteiger charge is -2.34. The molecule has 0 radical (unpaired) electrons. The number of nitrogens with zero attached hydrogens (tertiary/aromatic N) is 2. The van der Waals surface area contributed by atoms with Crippen LogP contribution in [0.3, 0.4) is 0 Å². The number of esters is 1. The summed E-state index contributed by atoms with van der Waals surface area (Å²) in [4.78, 5) is 57.0. The third-order valence-electron chi connectivity index (χ3n) is 7.78. The van der Waals surface area contributed by atoms with Gasteiger partial charge in [-0.1, -0.05) is 61.5 Å². The maximum Gasteiger partial charge on any atom is 0.329 e. The number of aliphatic hydroxyl groups is 1. The minimum atomic E-state index is -0.684. The zero-order valence-corrected chi connectivity index (χ0v) is 32.6. The van der Waals surface area contributed by atoms with E-state index in [0.717, 1.165) is 25.0 Å². The summed E-state index contributed by atoms with van der Waals surface area (Å²) in [5.41, 5.74) is -0.346. The molecule has 2 heterocycles.